The van der Waals surface area contributed by atoms with E-state index in [-0.39, 0.29) is 6.04 Å². The molecule has 0 aliphatic heterocycles. The van der Waals surface area contributed by atoms with Gasteiger partial charge in [-0.2, -0.15) is 0 Å². The molecule has 0 spiro atoms. The van der Waals surface area contributed by atoms with Crippen molar-refractivity contribution in [3.05, 3.63) is 59.3 Å². The maximum atomic E-state index is 5.95. The first-order chi connectivity index (χ1) is 9.74. The molecule has 0 saturated heterocycles. The standard InChI is InChI=1S/C17H23N3/c1-3-13-7-9-14(10-8-13)16(19-4-2)12-15-6-5-11-20-17(15)18/h5-11,16,19H,3-4,12H2,1-2H3,(H2,18,20). The number of nitrogen functional groups attached to an aromatic ring is 1. The van der Waals surface area contributed by atoms with Crippen LogP contribution in [0.5, 0.6) is 0 Å². The topological polar surface area (TPSA) is 50.9 Å². The molecule has 2 aromatic rings. The molecule has 20 heavy (non-hydrogen) atoms. The molecule has 0 fully saturated rings. The molecule has 0 aliphatic rings. The number of nitrogens with one attached hydrogen (secondary N) is 1. The Morgan fingerprint density at radius 1 is 1.15 bits per heavy atom. The molecule has 0 saturated carbocycles. The number of pyridine rings is 1. The van der Waals surface area contributed by atoms with Gasteiger partial charge in [-0.15, -0.1) is 0 Å². The molecule has 1 unspecified atom stereocenters. The van der Waals surface area contributed by atoms with E-state index >= 15 is 0 Å². The second-order valence-corrected chi connectivity index (χ2v) is 4.96. The van der Waals surface area contributed by atoms with Gasteiger partial charge < -0.3 is 11.1 Å². The molecular formula is C17H23N3. The SMILES string of the molecule is CCNC(Cc1cccnc1N)c1ccc(CC)cc1. The van der Waals surface area contributed by atoms with Crippen molar-refractivity contribution in [1.82, 2.24) is 10.3 Å². The van der Waals surface area contributed by atoms with Gasteiger partial charge in [-0.25, -0.2) is 4.98 Å². The number of benzene rings is 1. The summed E-state index contributed by atoms with van der Waals surface area (Å²) in [6, 6.07) is 13.1. The van der Waals surface area contributed by atoms with Gasteiger partial charge in [-0.3, -0.25) is 0 Å². The van der Waals surface area contributed by atoms with Crippen LogP contribution in [0.15, 0.2) is 42.6 Å². The first-order valence-electron chi connectivity index (χ1n) is 7.26. The Bertz CT molecular complexity index is 534. The predicted molar refractivity (Wildman–Crippen MR) is 84.6 cm³/mol. The Kier molecular flexibility index (Phi) is 5.13. The fourth-order valence-corrected chi connectivity index (χ4v) is 2.38. The maximum Gasteiger partial charge on any atom is 0.126 e. The lowest BCUT2D eigenvalue weighted by atomic mass is 9.97. The van der Waals surface area contributed by atoms with Gasteiger partial charge >= 0.3 is 0 Å². The first kappa shape index (κ1) is 14.5. The molecule has 1 heterocycles. The van der Waals surface area contributed by atoms with Crippen LogP contribution in [-0.4, -0.2) is 11.5 Å². The number of rotatable bonds is 6. The van der Waals surface area contributed by atoms with Gasteiger partial charge in [0.1, 0.15) is 5.82 Å². The summed E-state index contributed by atoms with van der Waals surface area (Å²) in [7, 11) is 0. The van der Waals surface area contributed by atoms with Gasteiger partial charge in [0.25, 0.3) is 0 Å². The number of hydrogen-bond donors (Lipinski definition) is 2. The Morgan fingerprint density at radius 3 is 2.50 bits per heavy atom. The second-order valence-electron chi connectivity index (χ2n) is 4.96. The molecule has 3 heteroatoms. The van der Waals surface area contributed by atoms with Crippen molar-refractivity contribution in [2.24, 2.45) is 0 Å². The van der Waals surface area contributed by atoms with Crippen LogP contribution in [0.1, 0.15) is 36.6 Å². The van der Waals surface area contributed by atoms with Crippen molar-refractivity contribution in [2.75, 3.05) is 12.3 Å². The summed E-state index contributed by atoms with van der Waals surface area (Å²) in [4.78, 5) is 4.16. The fraction of sp³-hybridized carbons (Fsp3) is 0.353. The Balaban J connectivity index is 2.19. The Morgan fingerprint density at radius 2 is 1.90 bits per heavy atom. The van der Waals surface area contributed by atoms with Crippen LogP contribution >= 0.6 is 0 Å². The molecule has 0 amide bonds. The highest BCUT2D eigenvalue weighted by Gasteiger charge is 2.13. The summed E-state index contributed by atoms with van der Waals surface area (Å²) in [5.74, 6) is 0.626. The van der Waals surface area contributed by atoms with E-state index in [1.54, 1.807) is 6.20 Å². The second kappa shape index (κ2) is 7.06. The molecule has 1 aromatic carbocycles. The zero-order chi connectivity index (χ0) is 14.4. The average Bonchev–Trinajstić information content (AvgIpc) is 2.49. The van der Waals surface area contributed by atoms with Crippen molar-refractivity contribution < 1.29 is 0 Å². The Hall–Kier alpha value is -1.87. The summed E-state index contributed by atoms with van der Waals surface area (Å²) >= 11 is 0. The predicted octanol–water partition coefficient (Wildman–Crippen LogP) is 3.12. The Labute approximate surface area is 121 Å². The van der Waals surface area contributed by atoms with E-state index in [4.69, 9.17) is 5.73 Å². The van der Waals surface area contributed by atoms with E-state index in [1.165, 1.54) is 11.1 Å². The number of nitrogens with two attached hydrogens (primary N) is 1. The minimum Gasteiger partial charge on any atom is -0.383 e. The molecule has 1 atom stereocenters. The monoisotopic (exact) mass is 269 g/mol. The van der Waals surface area contributed by atoms with E-state index in [1.807, 2.05) is 12.1 Å². The van der Waals surface area contributed by atoms with Crippen molar-refractivity contribution in [3.63, 3.8) is 0 Å². The molecule has 3 nitrogen and oxygen atoms in total. The fourth-order valence-electron chi connectivity index (χ4n) is 2.38. The molecular weight excluding hydrogens is 246 g/mol. The molecule has 1 aromatic heterocycles. The minimum atomic E-state index is 0.275. The third-order valence-corrected chi connectivity index (χ3v) is 3.59. The van der Waals surface area contributed by atoms with E-state index in [9.17, 15) is 0 Å². The van der Waals surface area contributed by atoms with Crippen LogP contribution in [-0.2, 0) is 12.8 Å². The van der Waals surface area contributed by atoms with Crippen LogP contribution < -0.4 is 11.1 Å². The summed E-state index contributed by atoms with van der Waals surface area (Å²) in [6.45, 7) is 5.23. The lowest BCUT2D eigenvalue weighted by molar-refractivity contribution is 0.550. The van der Waals surface area contributed by atoms with Gasteiger partial charge in [0.05, 0.1) is 0 Å². The van der Waals surface area contributed by atoms with E-state index < -0.39 is 0 Å². The van der Waals surface area contributed by atoms with Crippen molar-refractivity contribution in [3.8, 4) is 0 Å². The van der Waals surface area contributed by atoms with E-state index in [0.29, 0.717) is 5.82 Å². The first-order valence-corrected chi connectivity index (χ1v) is 7.26. The lowest BCUT2D eigenvalue weighted by Gasteiger charge is -2.19. The molecule has 0 radical (unpaired) electrons. The molecule has 2 rings (SSSR count). The van der Waals surface area contributed by atoms with Gasteiger partial charge in [0.2, 0.25) is 0 Å². The minimum absolute atomic E-state index is 0.275. The average molecular weight is 269 g/mol. The van der Waals surface area contributed by atoms with Crippen LogP contribution in [0.2, 0.25) is 0 Å². The number of aromatic nitrogens is 1. The number of aryl methyl sites for hydroxylation is 1. The van der Waals surface area contributed by atoms with Crippen molar-refractivity contribution >= 4 is 5.82 Å². The van der Waals surface area contributed by atoms with Gasteiger partial charge in [-0.1, -0.05) is 44.2 Å². The maximum absolute atomic E-state index is 5.95. The van der Waals surface area contributed by atoms with Gasteiger partial charge in [0, 0.05) is 12.2 Å². The normalized spacial score (nSPS) is 12.3. The zero-order valence-corrected chi connectivity index (χ0v) is 12.3. The number of likely N-dealkylation sites (N-methyl/N-ethyl adjacent to an activating group) is 1. The van der Waals surface area contributed by atoms with Crippen LogP contribution in [0.4, 0.5) is 5.82 Å². The quantitative estimate of drug-likeness (QED) is 0.847. The van der Waals surface area contributed by atoms with E-state index in [2.05, 4.69) is 48.4 Å². The molecule has 0 aliphatic carbocycles. The van der Waals surface area contributed by atoms with Crippen LogP contribution in [0.3, 0.4) is 0 Å². The van der Waals surface area contributed by atoms with Crippen molar-refractivity contribution in [1.29, 1.82) is 0 Å². The third-order valence-electron chi connectivity index (χ3n) is 3.59. The number of nitrogens with zero attached hydrogens (tertiary/aromatic N) is 1. The highest BCUT2D eigenvalue weighted by molar-refractivity contribution is 5.40. The number of anilines is 1. The van der Waals surface area contributed by atoms with Crippen LogP contribution in [0.25, 0.3) is 0 Å². The molecule has 3 N–H and O–H groups in total. The lowest BCUT2D eigenvalue weighted by Crippen LogP contribution is -2.23. The highest BCUT2D eigenvalue weighted by Crippen LogP contribution is 2.21. The largest absolute Gasteiger partial charge is 0.383 e. The van der Waals surface area contributed by atoms with Gasteiger partial charge in [-0.05, 0) is 42.1 Å². The van der Waals surface area contributed by atoms with E-state index in [0.717, 1.165) is 24.9 Å². The summed E-state index contributed by atoms with van der Waals surface area (Å²) in [6.07, 6.45) is 3.66. The van der Waals surface area contributed by atoms with Crippen LogP contribution in [0, 0.1) is 0 Å². The van der Waals surface area contributed by atoms with Crippen molar-refractivity contribution in [2.45, 2.75) is 32.7 Å². The zero-order valence-electron chi connectivity index (χ0n) is 12.3. The number of hydrogen-bond acceptors (Lipinski definition) is 3. The molecule has 0 bridgehead atoms. The third kappa shape index (κ3) is 3.58. The summed E-state index contributed by atoms with van der Waals surface area (Å²) in [5.41, 5.74) is 9.71. The molecule has 106 valence electrons. The summed E-state index contributed by atoms with van der Waals surface area (Å²) in [5, 5.41) is 3.53. The summed E-state index contributed by atoms with van der Waals surface area (Å²) < 4.78 is 0. The highest BCUT2D eigenvalue weighted by atomic mass is 14.9. The van der Waals surface area contributed by atoms with Gasteiger partial charge in [0.15, 0.2) is 0 Å². The smallest absolute Gasteiger partial charge is 0.126 e.